The molecule has 0 atom stereocenters. The molecule has 0 saturated carbocycles. The third kappa shape index (κ3) is 2.66. The molecular formula is C15H17N3O2. The molecule has 20 heavy (non-hydrogen) atoms. The Hall–Kier alpha value is -2.30. The quantitative estimate of drug-likeness (QED) is 0.838. The van der Waals surface area contributed by atoms with Crippen LogP contribution in [0.2, 0.25) is 0 Å². The Balaban J connectivity index is 1.67. The summed E-state index contributed by atoms with van der Waals surface area (Å²) in [4.78, 5) is 20.8. The van der Waals surface area contributed by atoms with Gasteiger partial charge in [0.1, 0.15) is 12.1 Å². The van der Waals surface area contributed by atoms with E-state index in [9.17, 15) is 4.79 Å². The van der Waals surface area contributed by atoms with Gasteiger partial charge in [0.25, 0.3) is 5.91 Å². The van der Waals surface area contributed by atoms with E-state index in [0.29, 0.717) is 12.1 Å². The van der Waals surface area contributed by atoms with Crippen LogP contribution in [0.5, 0.6) is 0 Å². The molecule has 0 aliphatic carbocycles. The van der Waals surface area contributed by atoms with Crippen LogP contribution in [0.15, 0.2) is 47.4 Å². The lowest BCUT2D eigenvalue weighted by Crippen LogP contribution is -2.35. The summed E-state index contributed by atoms with van der Waals surface area (Å²) in [5, 5.41) is 0. The number of amides is 1. The third-order valence-corrected chi connectivity index (χ3v) is 3.52. The number of nitrogens with zero attached hydrogens (tertiary/aromatic N) is 3. The van der Waals surface area contributed by atoms with Gasteiger partial charge in [-0.15, -0.1) is 0 Å². The van der Waals surface area contributed by atoms with E-state index < -0.39 is 0 Å². The van der Waals surface area contributed by atoms with E-state index >= 15 is 0 Å². The number of carbonyl (C=O) groups excluding carboxylic acids is 1. The van der Waals surface area contributed by atoms with Crippen molar-refractivity contribution in [3.63, 3.8) is 0 Å². The molecule has 3 rings (SSSR count). The molecule has 2 aromatic rings. The highest BCUT2D eigenvalue weighted by molar-refractivity contribution is 5.93. The van der Waals surface area contributed by atoms with E-state index in [0.717, 1.165) is 31.9 Å². The monoisotopic (exact) mass is 271 g/mol. The topological polar surface area (TPSA) is 49.6 Å². The van der Waals surface area contributed by atoms with Crippen LogP contribution in [0.25, 0.3) is 0 Å². The number of carbonyl (C=O) groups is 1. The van der Waals surface area contributed by atoms with Gasteiger partial charge in [-0.2, -0.15) is 0 Å². The Morgan fingerprint density at radius 3 is 2.85 bits per heavy atom. The van der Waals surface area contributed by atoms with Crippen molar-refractivity contribution in [1.82, 2.24) is 9.88 Å². The van der Waals surface area contributed by atoms with Crippen molar-refractivity contribution < 1.29 is 9.21 Å². The Bertz CT molecular complexity index is 554. The molecule has 5 nitrogen and oxygen atoms in total. The summed E-state index contributed by atoms with van der Waals surface area (Å²) in [6, 6.07) is 7.62. The van der Waals surface area contributed by atoms with Crippen molar-refractivity contribution in [3.05, 3.63) is 48.6 Å². The fraction of sp³-hybridized carbons (Fsp3) is 0.333. The van der Waals surface area contributed by atoms with Crippen LogP contribution in [0, 0.1) is 0 Å². The highest BCUT2D eigenvalue weighted by atomic mass is 16.3. The van der Waals surface area contributed by atoms with Gasteiger partial charge < -0.3 is 14.2 Å². The van der Waals surface area contributed by atoms with Crippen molar-refractivity contribution in [3.8, 4) is 0 Å². The average molecular weight is 271 g/mol. The highest BCUT2D eigenvalue weighted by Gasteiger charge is 2.21. The number of rotatable bonds is 2. The Labute approximate surface area is 117 Å². The molecule has 0 bridgehead atoms. The van der Waals surface area contributed by atoms with Crippen molar-refractivity contribution in [1.29, 1.82) is 0 Å². The molecule has 5 heteroatoms. The first kappa shape index (κ1) is 12.7. The zero-order valence-electron chi connectivity index (χ0n) is 11.2. The molecule has 0 radical (unpaired) electrons. The van der Waals surface area contributed by atoms with E-state index in [1.807, 2.05) is 23.1 Å². The van der Waals surface area contributed by atoms with Gasteiger partial charge in [-0.1, -0.05) is 6.07 Å². The maximum absolute atomic E-state index is 12.3. The number of anilines is 1. The predicted octanol–water partition coefficient (Wildman–Crippen LogP) is 2.03. The minimum atomic E-state index is 0.0432. The van der Waals surface area contributed by atoms with Crippen molar-refractivity contribution in [2.75, 3.05) is 31.1 Å². The smallest absolute Gasteiger partial charge is 0.257 e. The predicted molar refractivity (Wildman–Crippen MR) is 75.7 cm³/mol. The van der Waals surface area contributed by atoms with E-state index in [-0.39, 0.29) is 5.91 Å². The molecule has 1 fully saturated rings. The van der Waals surface area contributed by atoms with Crippen molar-refractivity contribution in [2.24, 2.45) is 0 Å². The standard InChI is InChI=1S/C15H17N3O2/c19-15(13-5-11-20-12-13)18-8-3-7-17(9-10-18)14-4-1-2-6-16-14/h1-2,4-6,11-12H,3,7-10H2. The van der Waals surface area contributed by atoms with E-state index in [4.69, 9.17) is 4.42 Å². The lowest BCUT2D eigenvalue weighted by Gasteiger charge is -2.22. The first-order valence-electron chi connectivity index (χ1n) is 6.82. The fourth-order valence-electron chi connectivity index (χ4n) is 2.46. The van der Waals surface area contributed by atoms with E-state index in [1.54, 1.807) is 12.3 Å². The number of pyridine rings is 1. The maximum Gasteiger partial charge on any atom is 0.257 e. The highest BCUT2D eigenvalue weighted by Crippen LogP contribution is 2.14. The van der Waals surface area contributed by atoms with Gasteiger partial charge in [0, 0.05) is 32.4 Å². The van der Waals surface area contributed by atoms with Crippen LogP contribution in [0.1, 0.15) is 16.8 Å². The van der Waals surface area contributed by atoms with E-state index in [1.165, 1.54) is 12.5 Å². The van der Waals surface area contributed by atoms with Gasteiger partial charge in [0.15, 0.2) is 0 Å². The molecule has 1 amide bonds. The third-order valence-electron chi connectivity index (χ3n) is 3.52. The van der Waals surface area contributed by atoms with Crippen LogP contribution in [0.3, 0.4) is 0 Å². The van der Waals surface area contributed by atoms with Gasteiger partial charge in [-0.05, 0) is 24.6 Å². The molecule has 1 aliphatic rings. The zero-order valence-corrected chi connectivity index (χ0v) is 11.2. The Morgan fingerprint density at radius 2 is 2.10 bits per heavy atom. The normalized spacial score (nSPS) is 16.0. The summed E-state index contributed by atoms with van der Waals surface area (Å²) in [6.45, 7) is 3.21. The minimum absolute atomic E-state index is 0.0432. The summed E-state index contributed by atoms with van der Waals surface area (Å²) >= 11 is 0. The molecular weight excluding hydrogens is 254 g/mol. The number of hydrogen-bond donors (Lipinski definition) is 0. The zero-order chi connectivity index (χ0) is 13.8. The maximum atomic E-state index is 12.3. The number of aromatic nitrogens is 1. The largest absolute Gasteiger partial charge is 0.472 e. The van der Waals surface area contributed by atoms with Crippen LogP contribution in [-0.4, -0.2) is 42.0 Å². The minimum Gasteiger partial charge on any atom is -0.472 e. The molecule has 0 spiro atoms. The molecule has 3 heterocycles. The SMILES string of the molecule is O=C(c1ccoc1)N1CCCN(c2ccccn2)CC1. The van der Waals surface area contributed by atoms with Crippen LogP contribution in [-0.2, 0) is 0 Å². The van der Waals surface area contributed by atoms with Crippen molar-refractivity contribution in [2.45, 2.75) is 6.42 Å². The molecule has 2 aromatic heterocycles. The summed E-state index contributed by atoms with van der Waals surface area (Å²) in [5.74, 6) is 1.02. The lowest BCUT2D eigenvalue weighted by molar-refractivity contribution is 0.0766. The Kier molecular flexibility index (Phi) is 3.67. The molecule has 1 aliphatic heterocycles. The second-order valence-electron chi connectivity index (χ2n) is 4.83. The first-order chi connectivity index (χ1) is 9.84. The number of furan rings is 1. The summed E-state index contributed by atoms with van der Waals surface area (Å²) < 4.78 is 4.98. The lowest BCUT2D eigenvalue weighted by atomic mass is 10.3. The molecule has 0 unspecified atom stereocenters. The fourth-order valence-corrected chi connectivity index (χ4v) is 2.46. The first-order valence-corrected chi connectivity index (χ1v) is 6.82. The van der Waals surface area contributed by atoms with Crippen LogP contribution in [0.4, 0.5) is 5.82 Å². The van der Waals surface area contributed by atoms with E-state index in [2.05, 4.69) is 9.88 Å². The van der Waals surface area contributed by atoms with Gasteiger partial charge in [0.05, 0.1) is 11.8 Å². The molecule has 104 valence electrons. The van der Waals surface area contributed by atoms with Gasteiger partial charge in [-0.25, -0.2) is 4.98 Å². The average Bonchev–Trinajstić information content (AvgIpc) is 2.92. The van der Waals surface area contributed by atoms with Crippen LogP contribution >= 0.6 is 0 Å². The summed E-state index contributed by atoms with van der Waals surface area (Å²) in [7, 11) is 0. The molecule has 0 N–H and O–H groups in total. The van der Waals surface area contributed by atoms with Gasteiger partial charge in [-0.3, -0.25) is 4.79 Å². The van der Waals surface area contributed by atoms with Crippen molar-refractivity contribution >= 4 is 11.7 Å². The number of hydrogen-bond acceptors (Lipinski definition) is 4. The second-order valence-corrected chi connectivity index (χ2v) is 4.83. The van der Waals surface area contributed by atoms with Gasteiger partial charge >= 0.3 is 0 Å². The second kappa shape index (κ2) is 5.77. The Morgan fingerprint density at radius 1 is 1.15 bits per heavy atom. The molecule has 0 aromatic carbocycles. The summed E-state index contributed by atoms with van der Waals surface area (Å²) in [5.41, 5.74) is 0.622. The van der Waals surface area contributed by atoms with Crippen LogP contribution < -0.4 is 4.90 Å². The van der Waals surface area contributed by atoms with Gasteiger partial charge in [0.2, 0.25) is 0 Å². The molecule has 1 saturated heterocycles. The summed E-state index contributed by atoms with van der Waals surface area (Å²) in [6.07, 6.45) is 5.78.